The third-order valence-electron chi connectivity index (χ3n) is 3.12. The Labute approximate surface area is 80.9 Å². The molecule has 1 aliphatic rings. The van der Waals surface area contributed by atoms with Crippen LogP contribution in [0.5, 0.6) is 0 Å². The van der Waals surface area contributed by atoms with Gasteiger partial charge in [0.25, 0.3) is 0 Å². The van der Waals surface area contributed by atoms with Crippen molar-refractivity contribution in [3.8, 4) is 12.3 Å². The third-order valence-corrected chi connectivity index (χ3v) is 3.12. The summed E-state index contributed by atoms with van der Waals surface area (Å²) in [5.41, 5.74) is -0.0685. The van der Waals surface area contributed by atoms with Crippen molar-refractivity contribution in [2.24, 2.45) is 0 Å². The summed E-state index contributed by atoms with van der Waals surface area (Å²) in [6, 6.07) is 0. The van der Waals surface area contributed by atoms with Crippen LogP contribution in [0, 0.1) is 12.3 Å². The van der Waals surface area contributed by atoms with Crippen molar-refractivity contribution in [1.82, 2.24) is 4.90 Å². The minimum atomic E-state index is -0.0685. The van der Waals surface area contributed by atoms with Gasteiger partial charge in [-0.15, -0.1) is 6.42 Å². The predicted molar refractivity (Wildman–Crippen MR) is 54.4 cm³/mol. The lowest BCUT2D eigenvalue weighted by molar-refractivity contribution is 0.105. The van der Waals surface area contributed by atoms with Crippen LogP contribution in [0.25, 0.3) is 0 Å². The van der Waals surface area contributed by atoms with Gasteiger partial charge in [0.2, 0.25) is 0 Å². The Morgan fingerprint density at radius 1 is 1.38 bits per heavy atom. The van der Waals surface area contributed by atoms with Gasteiger partial charge in [-0.25, -0.2) is 0 Å². The number of rotatable bonds is 3. The van der Waals surface area contributed by atoms with E-state index in [1.54, 1.807) is 0 Å². The fourth-order valence-corrected chi connectivity index (χ4v) is 2.14. The fourth-order valence-electron chi connectivity index (χ4n) is 2.14. The van der Waals surface area contributed by atoms with E-state index >= 15 is 0 Å². The molecule has 74 valence electrons. The van der Waals surface area contributed by atoms with Crippen LogP contribution in [0.3, 0.4) is 0 Å². The first-order chi connectivity index (χ1) is 6.25. The maximum Gasteiger partial charge on any atom is 0.0821 e. The Kier molecular flexibility index (Phi) is 3.77. The minimum absolute atomic E-state index is 0.0685. The molecule has 0 amide bonds. The Bertz CT molecular complexity index is 189. The lowest BCUT2D eigenvalue weighted by atomic mass is 9.81. The van der Waals surface area contributed by atoms with Gasteiger partial charge >= 0.3 is 0 Å². The summed E-state index contributed by atoms with van der Waals surface area (Å²) in [6.45, 7) is 0.879. The van der Waals surface area contributed by atoms with E-state index in [9.17, 15) is 0 Å². The first-order valence-electron chi connectivity index (χ1n) is 5.05. The zero-order valence-electron chi connectivity index (χ0n) is 8.42. The molecule has 1 saturated carbocycles. The molecule has 1 fully saturated rings. The lowest BCUT2D eigenvalue weighted by Crippen LogP contribution is -2.47. The van der Waals surface area contributed by atoms with Crippen molar-refractivity contribution in [1.29, 1.82) is 0 Å². The monoisotopic (exact) mass is 181 g/mol. The molecule has 0 saturated heterocycles. The largest absolute Gasteiger partial charge is 0.395 e. The first kappa shape index (κ1) is 10.6. The number of aliphatic hydroxyl groups excluding tert-OH is 1. The van der Waals surface area contributed by atoms with Crippen LogP contribution in [0.1, 0.15) is 32.1 Å². The van der Waals surface area contributed by atoms with Gasteiger partial charge in [-0.2, -0.15) is 0 Å². The number of likely N-dealkylation sites (N-methyl/N-ethyl adjacent to an activating group) is 1. The van der Waals surface area contributed by atoms with Crippen molar-refractivity contribution in [3.05, 3.63) is 0 Å². The summed E-state index contributed by atoms with van der Waals surface area (Å²) in [5.74, 6) is 2.92. The average molecular weight is 181 g/mol. The highest BCUT2D eigenvalue weighted by Gasteiger charge is 2.33. The van der Waals surface area contributed by atoms with Gasteiger partial charge in [0, 0.05) is 6.54 Å². The van der Waals surface area contributed by atoms with Crippen LogP contribution in [0.4, 0.5) is 0 Å². The highest BCUT2D eigenvalue weighted by molar-refractivity contribution is 5.14. The van der Waals surface area contributed by atoms with Crippen molar-refractivity contribution in [3.63, 3.8) is 0 Å². The van der Waals surface area contributed by atoms with Crippen LogP contribution in [0.2, 0.25) is 0 Å². The average Bonchev–Trinajstić information content (AvgIpc) is 2.19. The molecule has 0 bridgehead atoms. The second-order valence-corrected chi connectivity index (χ2v) is 3.88. The molecule has 0 aromatic rings. The second-order valence-electron chi connectivity index (χ2n) is 3.88. The van der Waals surface area contributed by atoms with E-state index in [0.29, 0.717) is 6.54 Å². The zero-order valence-corrected chi connectivity index (χ0v) is 8.42. The highest BCUT2D eigenvalue weighted by atomic mass is 16.3. The van der Waals surface area contributed by atoms with Gasteiger partial charge in [-0.3, -0.25) is 4.90 Å². The molecular formula is C11H19NO. The first-order valence-corrected chi connectivity index (χ1v) is 5.05. The van der Waals surface area contributed by atoms with Crippen molar-refractivity contribution in [2.45, 2.75) is 37.6 Å². The molecule has 2 heteroatoms. The van der Waals surface area contributed by atoms with E-state index in [-0.39, 0.29) is 12.1 Å². The lowest BCUT2D eigenvalue weighted by Gasteiger charge is -2.40. The van der Waals surface area contributed by atoms with Crippen LogP contribution < -0.4 is 0 Å². The Morgan fingerprint density at radius 2 is 2.00 bits per heavy atom. The molecule has 2 nitrogen and oxygen atoms in total. The zero-order chi connectivity index (χ0) is 9.73. The Morgan fingerprint density at radius 3 is 2.46 bits per heavy atom. The normalized spacial score (nSPS) is 21.4. The van der Waals surface area contributed by atoms with Gasteiger partial charge in [-0.05, 0) is 19.9 Å². The van der Waals surface area contributed by atoms with Crippen molar-refractivity contribution < 1.29 is 5.11 Å². The maximum atomic E-state index is 8.87. The molecule has 0 atom stereocenters. The molecule has 1 aliphatic carbocycles. The number of hydrogen-bond acceptors (Lipinski definition) is 2. The molecule has 13 heavy (non-hydrogen) atoms. The second kappa shape index (κ2) is 4.64. The predicted octanol–water partition coefficient (Wildman–Crippen LogP) is 1.25. The molecule has 0 spiro atoms. The van der Waals surface area contributed by atoms with Crippen molar-refractivity contribution in [2.75, 3.05) is 20.2 Å². The van der Waals surface area contributed by atoms with Crippen LogP contribution in [-0.4, -0.2) is 35.7 Å². The van der Waals surface area contributed by atoms with Crippen LogP contribution in [0.15, 0.2) is 0 Å². The number of hydrogen-bond donors (Lipinski definition) is 1. The van der Waals surface area contributed by atoms with E-state index in [4.69, 9.17) is 11.5 Å². The summed E-state index contributed by atoms with van der Waals surface area (Å²) in [7, 11) is 2.02. The summed E-state index contributed by atoms with van der Waals surface area (Å²) < 4.78 is 0. The van der Waals surface area contributed by atoms with E-state index in [1.807, 2.05) is 7.05 Å². The van der Waals surface area contributed by atoms with Gasteiger partial charge in [0.05, 0.1) is 12.1 Å². The molecule has 1 rings (SSSR count). The third kappa shape index (κ3) is 2.24. The van der Waals surface area contributed by atoms with E-state index in [2.05, 4.69) is 10.8 Å². The summed E-state index contributed by atoms with van der Waals surface area (Å²) in [4.78, 5) is 2.13. The standard InChI is InChI=1S/C11H19NO/c1-3-11(12(2)9-10-13)7-5-4-6-8-11/h1,13H,4-10H2,2H3. The molecule has 0 aromatic carbocycles. The van der Waals surface area contributed by atoms with Gasteiger partial charge in [-0.1, -0.05) is 25.2 Å². The van der Waals surface area contributed by atoms with Gasteiger partial charge in [0.1, 0.15) is 0 Å². The summed E-state index contributed by atoms with van der Waals surface area (Å²) in [6.07, 6.45) is 11.5. The van der Waals surface area contributed by atoms with Crippen LogP contribution in [-0.2, 0) is 0 Å². The molecule has 0 radical (unpaired) electrons. The number of β-amino-alcohol motifs (C(OH)–C–C–N with tert-alkyl or cyclic N) is 1. The number of nitrogens with zero attached hydrogens (tertiary/aromatic N) is 1. The topological polar surface area (TPSA) is 23.5 Å². The molecule has 0 aliphatic heterocycles. The fraction of sp³-hybridized carbons (Fsp3) is 0.818. The molecule has 0 heterocycles. The maximum absolute atomic E-state index is 8.87. The quantitative estimate of drug-likeness (QED) is 0.662. The Balaban J connectivity index is 2.62. The van der Waals surface area contributed by atoms with E-state index in [1.165, 1.54) is 19.3 Å². The SMILES string of the molecule is C#CC1(N(C)CCO)CCCCC1. The number of terminal acetylenes is 1. The van der Waals surface area contributed by atoms with E-state index in [0.717, 1.165) is 12.8 Å². The summed E-state index contributed by atoms with van der Waals surface area (Å²) in [5, 5.41) is 8.87. The highest BCUT2D eigenvalue weighted by Crippen LogP contribution is 2.31. The minimum Gasteiger partial charge on any atom is -0.395 e. The smallest absolute Gasteiger partial charge is 0.0821 e. The van der Waals surface area contributed by atoms with Gasteiger partial charge in [0.15, 0.2) is 0 Å². The molecular weight excluding hydrogens is 162 g/mol. The molecule has 1 N–H and O–H groups in total. The van der Waals surface area contributed by atoms with Crippen molar-refractivity contribution >= 4 is 0 Å². The number of aliphatic hydroxyl groups is 1. The molecule has 0 aromatic heterocycles. The molecule has 0 unspecified atom stereocenters. The Hall–Kier alpha value is -0.520. The summed E-state index contributed by atoms with van der Waals surface area (Å²) >= 11 is 0. The van der Waals surface area contributed by atoms with Crippen LogP contribution >= 0.6 is 0 Å². The van der Waals surface area contributed by atoms with Gasteiger partial charge < -0.3 is 5.11 Å². The van der Waals surface area contributed by atoms with E-state index < -0.39 is 0 Å².